The summed E-state index contributed by atoms with van der Waals surface area (Å²) in [7, 11) is 0. The van der Waals surface area contributed by atoms with Crippen LogP contribution in [-0.4, -0.2) is 10.9 Å². The quantitative estimate of drug-likeness (QED) is 0.747. The third-order valence-electron chi connectivity index (χ3n) is 2.29. The second kappa shape index (κ2) is 4.27. The number of carbonyl (C=O) groups is 1. The standard InChI is InChI=1S/C12H16O2/c1-4-5-11(13)10-6-8(2)12(14)9(3)7-10/h6-7,14H,4-5H2,1-3H3. The number of hydrogen-bond donors (Lipinski definition) is 1. The van der Waals surface area contributed by atoms with Crippen molar-refractivity contribution >= 4 is 5.78 Å². The normalized spacial score (nSPS) is 10.2. The minimum Gasteiger partial charge on any atom is -0.507 e. The van der Waals surface area contributed by atoms with Gasteiger partial charge in [-0.2, -0.15) is 0 Å². The van der Waals surface area contributed by atoms with Gasteiger partial charge < -0.3 is 5.11 Å². The Bertz CT molecular complexity index is 330. The molecule has 0 bridgehead atoms. The molecule has 0 aliphatic rings. The zero-order valence-electron chi connectivity index (χ0n) is 8.92. The molecule has 0 heterocycles. The van der Waals surface area contributed by atoms with Crippen molar-refractivity contribution in [1.82, 2.24) is 0 Å². The van der Waals surface area contributed by atoms with Gasteiger partial charge in [0.2, 0.25) is 0 Å². The van der Waals surface area contributed by atoms with E-state index < -0.39 is 0 Å². The molecule has 2 heteroatoms. The summed E-state index contributed by atoms with van der Waals surface area (Å²) in [5.41, 5.74) is 2.24. The zero-order valence-corrected chi connectivity index (χ0v) is 8.92. The van der Waals surface area contributed by atoms with Gasteiger partial charge in [0, 0.05) is 12.0 Å². The van der Waals surface area contributed by atoms with Gasteiger partial charge in [-0.25, -0.2) is 0 Å². The summed E-state index contributed by atoms with van der Waals surface area (Å²) in [4.78, 5) is 11.6. The average Bonchev–Trinajstić information content (AvgIpc) is 2.13. The van der Waals surface area contributed by atoms with Gasteiger partial charge in [-0.05, 0) is 43.5 Å². The van der Waals surface area contributed by atoms with Gasteiger partial charge in [-0.3, -0.25) is 4.79 Å². The number of phenols is 1. The number of Topliss-reactive ketones (excluding diaryl/α,β-unsaturated/α-hetero) is 1. The molecule has 2 nitrogen and oxygen atoms in total. The second-order valence-corrected chi connectivity index (χ2v) is 3.63. The molecule has 0 saturated heterocycles. The fraction of sp³-hybridized carbons (Fsp3) is 0.417. The molecule has 0 aromatic heterocycles. The van der Waals surface area contributed by atoms with E-state index in [0.29, 0.717) is 12.0 Å². The molecule has 1 rings (SSSR count). The molecular formula is C12H16O2. The average molecular weight is 192 g/mol. The molecule has 0 aliphatic heterocycles. The van der Waals surface area contributed by atoms with Crippen molar-refractivity contribution in [3.05, 3.63) is 28.8 Å². The summed E-state index contributed by atoms with van der Waals surface area (Å²) in [6.07, 6.45) is 1.43. The molecule has 0 spiro atoms. The van der Waals surface area contributed by atoms with Crippen LogP contribution in [0.15, 0.2) is 12.1 Å². The number of benzene rings is 1. The summed E-state index contributed by atoms with van der Waals surface area (Å²) in [6.45, 7) is 5.61. The second-order valence-electron chi connectivity index (χ2n) is 3.63. The molecule has 0 radical (unpaired) electrons. The Morgan fingerprint density at radius 1 is 1.29 bits per heavy atom. The number of aromatic hydroxyl groups is 1. The highest BCUT2D eigenvalue weighted by Crippen LogP contribution is 2.23. The lowest BCUT2D eigenvalue weighted by Gasteiger charge is -2.06. The van der Waals surface area contributed by atoms with Gasteiger partial charge >= 0.3 is 0 Å². The van der Waals surface area contributed by atoms with Crippen molar-refractivity contribution in [2.75, 3.05) is 0 Å². The van der Waals surface area contributed by atoms with Crippen LogP contribution in [-0.2, 0) is 0 Å². The lowest BCUT2D eigenvalue weighted by Crippen LogP contribution is -1.99. The monoisotopic (exact) mass is 192 g/mol. The fourth-order valence-electron chi connectivity index (χ4n) is 1.49. The van der Waals surface area contributed by atoms with E-state index in [1.54, 1.807) is 12.1 Å². The first-order valence-electron chi connectivity index (χ1n) is 4.89. The van der Waals surface area contributed by atoms with Crippen molar-refractivity contribution in [3.8, 4) is 5.75 Å². The minimum atomic E-state index is 0.152. The van der Waals surface area contributed by atoms with Gasteiger partial charge in [0.05, 0.1) is 0 Å². The third-order valence-corrected chi connectivity index (χ3v) is 2.29. The van der Waals surface area contributed by atoms with Crippen LogP contribution in [0.1, 0.15) is 41.3 Å². The van der Waals surface area contributed by atoms with Crippen molar-refractivity contribution in [1.29, 1.82) is 0 Å². The topological polar surface area (TPSA) is 37.3 Å². The van der Waals surface area contributed by atoms with E-state index in [1.807, 2.05) is 20.8 Å². The molecule has 0 amide bonds. The molecule has 0 saturated carbocycles. The Hall–Kier alpha value is -1.31. The lowest BCUT2D eigenvalue weighted by molar-refractivity contribution is 0.0981. The molecule has 0 fully saturated rings. The van der Waals surface area contributed by atoms with E-state index >= 15 is 0 Å². The minimum absolute atomic E-state index is 0.152. The number of phenolic OH excluding ortho intramolecular Hbond substituents is 1. The Morgan fingerprint density at radius 3 is 2.21 bits per heavy atom. The van der Waals surface area contributed by atoms with Crippen LogP contribution in [0.2, 0.25) is 0 Å². The molecule has 1 aromatic carbocycles. The largest absolute Gasteiger partial charge is 0.507 e. The molecule has 1 aromatic rings. The number of ketones is 1. The third kappa shape index (κ3) is 2.13. The van der Waals surface area contributed by atoms with Crippen LogP contribution in [0, 0.1) is 13.8 Å². The van der Waals surface area contributed by atoms with Crippen LogP contribution in [0.3, 0.4) is 0 Å². The van der Waals surface area contributed by atoms with Crippen LogP contribution >= 0.6 is 0 Å². The molecule has 0 atom stereocenters. The number of rotatable bonds is 3. The van der Waals surface area contributed by atoms with Crippen LogP contribution in [0.5, 0.6) is 5.75 Å². The van der Waals surface area contributed by atoms with E-state index in [4.69, 9.17) is 0 Å². The summed E-state index contributed by atoms with van der Waals surface area (Å²) < 4.78 is 0. The van der Waals surface area contributed by atoms with E-state index in [9.17, 15) is 9.90 Å². The van der Waals surface area contributed by atoms with Gasteiger partial charge in [-0.15, -0.1) is 0 Å². The molecular weight excluding hydrogens is 176 g/mol. The van der Waals surface area contributed by atoms with Crippen LogP contribution in [0.25, 0.3) is 0 Å². The summed E-state index contributed by atoms with van der Waals surface area (Å²) in [5.74, 6) is 0.441. The van der Waals surface area contributed by atoms with Gasteiger partial charge in [0.1, 0.15) is 5.75 Å². The summed E-state index contributed by atoms with van der Waals surface area (Å²) >= 11 is 0. The molecule has 14 heavy (non-hydrogen) atoms. The van der Waals surface area contributed by atoms with Crippen molar-refractivity contribution in [3.63, 3.8) is 0 Å². The first kappa shape index (κ1) is 10.8. The van der Waals surface area contributed by atoms with Crippen molar-refractivity contribution in [2.24, 2.45) is 0 Å². The molecule has 0 aliphatic carbocycles. The van der Waals surface area contributed by atoms with Crippen molar-refractivity contribution in [2.45, 2.75) is 33.6 Å². The van der Waals surface area contributed by atoms with E-state index in [2.05, 4.69) is 0 Å². The lowest BCUT2D eigenvalue weighted by atomic mass is 10.0. The maximum Gasteiger partial charge on any atom is 0.162 e. The van der Waals surface area contributed by atoms with Crippen LogP contribution in [0.4, 0.5) is 0 Å². The van der Waals surface area contributed by atoms with Gasteiger partial charge in [0.15, 0.2) is 5.78 Å². The Balaban J connectivity index is 3.06. The predicted molar refractivity (Wildman–Crippen MR) is 56.8 cm³/mol. The molecule has 1 N–H and O–H groups in total. The molecule has 76 valence electrons. The fourth-order valence-corrected chi connectivity index (χ4v) is 1.49. The van der Waals surface area contributed by atoms with E-state index in [1.165, 1.54) is 0 Å². The Morgan fingerprint density at radius 2 is 1.79 bits per heavy atom. The highest BCUT2D eigenvalue weighted by molar-refractivity contribution is 5.96. The summed E-state index contributed by atoms with van der Waals surface area (Å²) in [6, 6.07) is 3.50. The van der Waals surface area contributed by atoms with Gasteiger partial charge in [-0.1, -0.05) is 6.92 Å². The number of carbonyl (C=O) groups excluding carboxylic acids is 1. The zero-order chi connectivity index (χ0) is 10.7. The highest BCUT2D eigenvalue weighted by atomic mass is 16.3. The van der Waals surface area contributed by atoms with Gasteiger partial charge in [0.25, 0.3) is 0 Å². The number of aryl methyl sites for hydroxylation is 2. The first-order chi connectivity index (χ1) is 6.56. The molecule has 0 unspecified atom stereocenters. The summed E-state index contributed by atoms with van der Waals surface area (Å²) in [5, 5.41) is 9.53. The smallest absolute Gasteiger partial charge is 0.162 e. The van der Waals surface area contributed by atoms with Crippen LogP contribution < -0.4 is 0 Å². The maximum absolute atomic E-state index is 11.6. The van der Waals surface area contributed by atoms with E-state index in [-0.39, 0.29) is 11.5 Å². The Labute approximate surface area is 84.6 Å². The number of hydrogen-bond acceptors (Lipinski definition) is 2. The SMILES string of the molecule is CCCC(=O)c1cc(C)c(O)c(C)c1. The predicted octanol–water partition coefficient (Wildman–Crippen LogP) is 2.99. The first-order valence-corrected chi connectivity index (χ1v) is 4.89. The maximum atomic E-state index is 11.6. The Kier molecular flexibility index (Phi) is 3.28. The van der Waals surface area contributed by atoms with E-state index in [0.717, 1.165) is 17.5 Å². The van der Waals surface area contributed by atoms with Crippen molar-refractivity contribution < 1.29 is 9.90 Å². The highest BCUT2D eigenvalue weighted by Gasteiger charge is 2.08.